The Morgan fingerprint density at radius 1 is 1.08 bits per heavy atom. The molecule has 0 heterocycles. The minimum atomic E-state index is -4.44. The van der Waals surface area contributed by atoms with Gasteiger partial charge in [-0.2, -0.15) is 13.2 Å². The van der Waals surface area contributed by atoms with Crippen LogP contribution in [0, 0.1) is 0 Å². The molecule has 0 bridgehead atoms. The van der Waals surface area contributed by atoms with Crippen LogP contribution in [-0.4, -0.2) is 12.6 Å². The second-order valence-corrected chi connectivity index (χ2v) is 6.10. The minimum Gasteiger partial charge on any atom is -0.464 e. The molecular formula is C18H16ClF3O2. The number of rotatable bonds is 4. The highest BCUT2D eigenvalue weighted by Crippen LogP contribution is 2.38. The maximum atomic E-state index is 13.1. The third kappa shape index (κ3) is 3.73. The molecule has 2 aromatic rings. The molecule has 0 spiro atoms. The van der Waals surface area contributed by atoms with Gasteiger partial charge in [0.15, 0.2) is 4.87 Å². The van der Waals surface area contributed by atoms with Crippen molar-refractivity contribution in [2.24, 2.45) is 0 Å². The normalized spacial score (nSPS) is 14.1. The molecule has 128 valence electrons. The van der Waals surface area contributed by atoms with Gasteiger partial charge >= 0.3 is 12.1 Å². The average Bonchev–Trinajstić information content (AvgIpc) is 2.54. The highest BCUT2D eigenvalue weighted by atomic mass is 35.5. The largest absolute Gasteiger partial charge is 0.464 e. The highest BCUT2D eigenvalue weighted by Gasteiger charge is 2.35. The second kappa shape index (κ2) is 6.85. The molecule has 0 aromatic heterocycles. The quantitative estimate of drug-likeness (QED) is 0.542. The van der Waals surface area contributed by atoms with E-state index in [2.05, 4.69) is 0 Å². The summed E-state index contributed by atoms with van der Waals surface area (Å²) in [5, 5.41) is 0. The third-order valence-electron chi connectivity index (χ3n) is 3.63. The van der Waals surface area contributed by atoms with Crippen molar-refractivity contribution in [3.63, 3.8) is 0 Å². The predicted molar refractivity (Wildman–Crippen MR) is 86.7 cm³/mol. The Hall–Kier alpha value is -2.01. The summed E-state index contributed by atoms with van der Waals surface area (Å²) in [5.41, 5.74) is 0.208. The lowest BCUT2D eigenvalue weighted by atomic mass is 9.94. The zero-order chi connectivity index (χ0) is 18.0. The molecule has 2 nitrogen and oxygen atoms in total. The topological polar surface area (TPSA) is 26.3 Å². The summed E-state index contributed by atoms with van der Waals surface area (Å²) in [5.74, 6) is -0.602. The molecule has 24 heavy (non-hydrogen) atoms. The smallest absolute Gasteiger partial charge is 0.417 e. The van der Waals surface area contributed by atoms with Crippen LogP contribution in [0.1, 0.15) is 25.0 Å². The van der Waals surface area contributed by atoms with Gasteiger partial charge in [0.1, 0.15) is 0 Å². The van der Waals surface area contributed by atoms with E-state index in [1.54, 1.807) is 13.0 Å². The van der Waals surface area contributed by atoms with E-state index in [1.165, 1.54) is 43.3 Å². The van der Waals surface area contributed by atoms with Gasteiger partial charge in [0.2, 0.25) is 0 Å². The number of carbonyl (C=O) groups is 1. The van der Waals surface area contributed by atoms with Crippen LogP contribution in [0.3, 0.4) is 0 Å². The fourth-order valence-electron chi connectivity index (χ4n) is 2.33. The van der Waals surface area contributed by atoms with Gasteiger partial charge in [0.25, 0.3) is 0 Å². The Labute approximate surface area is 143 Å². The summed E-state index contributed by atoms with van der Waals surface area (Å²) >= 11 is 6.24. The van der Waals surface area contributed by atoms with Crippen LogP contribution in [0.2, 0.25) is 0 Å². The first-order valence-electron chi connectivity index (χ1n) is 7.31. The molecule has 0 aliphatic rings. The number of carbonyl (C=O) groups excluding carboxylic acids is 1. The molecule has 0 saturated heterocycles. The van der Waals surface area contributed by atoms with E-state index < -0.39 is 22.6 Å². The molecule has 0 amide bonds. The van der Waals surface area contributed by atoms with Crippen molar-refractivity contribution in [2.75, 3.05) is 6.61 Å². The van der Waals surface area contributed by atoms with Crippen molar-refractivity contribution in [1.82, 2.24) is 0 Å². The van der Waals surface area contributed by atoms with Gasteiger partial charge in [-0.1, -0.05) is 42.5 Å². The van der Waals surface area contributed by atoms with Crippen molar-refractivity contribution in [2.45, 2.75) is 24.9 Å². The lowest BCUT2D eigenvalue weighted by molar-refractivity contribution is -0.146. The molecule has 0 aliphatic carbocycles. The Morgan fingerprint density at radius 3 is 2.21 bits per heavy atom. The number of ether oxygens (including phenoxy) is 1. The Bertz CT molecular complexity index is 722. The van der Waals surface area contributed by atoms with Gasteiger partial charge < -0.3 is 4.74 Å². The number of esters is 1. The van der Waals surface area contributed by atoms with E-state index in [0.717, 1.165) is 6.07 Å². The number of halogens is 4. The number of hydrogen-bond donors (Lipinski definition) is 0. The van der Waals surface area contributed by atoms with Gasteiger partial charge in [-0.15, -0.1) is 11.6 Å². The standard InChI is InChI=1S/C18H16ClF3O2/c1-3-24-16(23)17(2,19)13-10-8-12(9-11-13)14-6-4-5-7-15(14)18(20,21)22/h4-11H,3H2,1-2H3. The molecule has 1 atom stereocenters. The van der Waals surface area contributed by atoms with Gasteiger partial charge in [-0.25, -0.2) is 4.79 Å². The minimum absolute atomic E-state index is 0.0731. The molecular weight excluding hydrogens is 341 g/mol. The van der Waals surface area contributed by atoms with Crippen molar-refractivity contribution < 1.29 is 22.7 Å². The maximum Gasteiger partial charge on any atom is 0.417 e. The van der Waals surface area contributed by atoms with E-state index in [-0.39, 0.29) is 12.2 Å². The maximum absolute atomic E-state index is 13.1. The molecule has 0 fully saturated rings. The van der Waals surface area contributed by atoms with Crippen LogP contribution in [0.5, 0.6) is 0 Å². The van der Waals surface area contributed by atoms with Crippen molar-refractivity contribution in [1.29, 1.82) is 0 Å². The first-order chi connectivity index (χ1) is 11.2. The molecule has 2 rings (SSSR count). The van der Waals surface area contributed by atoms with Crippen molar-refractivity contribution in [3.8, 4) is 11.1 Å². The van der Waals surface area contributed by atoms with E-state index in [0.29, 0.717) is 11.1 Å². The van der Waals surface area contributed by atoms with Gasteiger partial charge in [0, 0.05) is 0 Å². The van der Waals surface area contributed by atoms with Crippen LogP contribution >= 0.6 is 11.6 Å². The van der Waals surface area contributed by atoms with Gasteiger partial charge in [-0.05, 0) is 36.6 Å². The van der Waals surface area contributed by atoms with Crippen LogP contribution in [0.4, 0.5) is 13.2 Å². The van der Waals surface area contributed by atoms with E-state index in [4.69, 9.17) is 16.3 Å². The van der Waals surface area contributed by atoms with E-state index in [1.807, 2.05) is 0 Å². The monoisotopic (exact) mass is 356 g/mol. The van der Waals surface area contributed by atoms with Crippen LogP contribution < -0.4 is 0 Å². The van der Waals surface area contributed by atoms with Crippen LogP contribution in [0.25, 0.3) is 11.1 Å². The molecule has 1 unspecified atom stereocenters. The highest BCUT2D eigenvalue weighted by molar-refractivity contribution is 6.33. The third-order valence-corrected chi connectivity index (χ3v) is 4.00. The first-order valence-corrected chi connectivity index (χ1v) is 7.69. The SMILES string of the molecule is CCOC(=O)C(C)(Cl)c1ccc(-c2ccccc2C(F)(F)F)cc1. The fraction of sp³-hybridized carbons (Fsp3) is 0.278. The molecule has 0 N–H and O–H groups in total. The molecule has 2 aromatic carbocycles. The number of hydrogen-bond acceptors (Lipinski definition) is 2. The Balaban J connectivity index is 2.40. The van der Waals surface area contributed by atoms with Crippen LogP contribution in [0.15, 0.2) is 48.5 Å². The number of benzene rings is 2. The Kier molecular flexibility index (Phi) is 5.23. The van der Waals surface area contributed by atoms with E-state index >= 15 is 0 Å². The lowest BCUT2D eigenvalue weighted by Gasteiger charge is -2.21. The molecule has 0 radical (unpaired) electrons. The van der Waals surface area contributed by atoms with E-state index in [9.17, 15) is 18.0 Å². The van der Waals surface area contributed by atoms with Crippen molar-refractivity contribution in [3.05, 3.63) is 59.7 Å². The predicted octanol–water partition coefficient (Wildman–Crippen LogP) is 5.39. The second-order valence-electron chi connectivity index (χ2n) is 5.34. The molecule has 0 aliphatic heterocycles. The fourth-order valence-corrected chi connectivity index (χ4v) is 2.51. The Morgan fingerprint density at radius 2 is 1.67 bits per heavy atom. The van der Waals surface area contributed by atoms with Crippen LogP contribution in [-0.2, 0) is 20.6 Å². The molecule has 0 saturated carbocycles. The van der Waals surface area contributed by atoms with Gasteiger partial charge in [0.05, 0.1) is 12.2 Å². The summed E-state index contributed by atoms with van der Waals surface area (Å²) in [6, 6.07) is 11.4. The average molecular weight is 357 g/mol. The summed E-state index contributed by atoms with van der Waals surface area (Å²) in [6.07, 6.45) is -4.44. The van der Waals surface area contributed by atoms with Crippen molar-refractivity contribution >= 4 is 17.6 Å². The summed E-state index contributed by atoms with van der Waals surface area (Å²) in [6.45, 7) is 3.35. The summed E-state index contributed by atoms with van der Waals surface area (Å²) < 4.78 is 44.3. The summed E-state index contributed by atoms with van der Waals surface area (Å²) in [4.78, 5) is 10.5. The zero-order valence-electron chi connectivity index (χ0n) is 13.2. The molecule has 6 heteroatoms. The lowest BCUT2D eigenvalue weighted by Crippen LogP contribution is -2.28. The number of alkyl halides is 4. The summed E-state index contributed by atoms with van der Waals surface area (Å²) in [7, 11) is 0. The first kappa shape index (κ1) is 18.3. The zero-order valence-corrected chi connectivity index (χ0v) is 13.9. The van der Waals surface area contributed by atoms with Gasteiger partial charge in [-0.3, -0.25) is 0 Å².